The summed E-state index contributed by atoms with van der Waals surface area (Å²) in [5.74, 6) is -0.0853. The monoisotopic (exact) mass is 330 g/mol. The van der Waals surface area contributed by atoms with Gasteiger partial charge < -0.3 is 24.6 Å². The molecule has 1 fully saturated rings. The molecule has 8 heteroatoms. The van der Waals surface area contributed by atoms with Gasteiger partial charge in [-0.15, -0.1) is 0 Å². The number of aliphatic hydroxyl groups is 2. The van der Waals surface area contributed by atoms with Crippen LogP contribution in [-0.2, 0) is 4.74 Å². The molecule has 22 heavy (non-hydrogen) atoms. The van der Waals surface area contributed by atoms with Gasteiger partial charge in [-0.25, -0.2) is 4.98 Å². The summed E-state index contributed by atoms with van der Waals surface area (Å²) in [4.78, 5) is 17.7. The van der Waals surface area contributed by atoms with Crippen LogP contribution < -0.4 is 4.74 Å². The van der Waals surface area contributed by atoms with Crippen LogP contribution >= 0.6 is 11.6 Å². The Morgan fingerprint density at radius 1 is 1.45 bits per heavy atom. The van der Waals surface area contributed by atoms with Crippen molar-refractivity contribution in [2.75, 3.05) is 39.5 Å². The molecule has 1 atom stereocenters. The molecule has 1 saturated heterocycles. The van der Waals surface area contributed by atoms with E-state index < -0.39 is 0 Å². The summed E-state index contributed by atoms with van der Waals surface area (Å²) in [6.07, 6.45) is 2.08. The Morgan fingerprint density at radius 3 is 2.73 bits per heavy atom. The van der Waals surface area contributed by atoms with Gasteiger partial charge in [0, 0.05) is 25.7 Å². The van der Waals surface area contributed by atoms with Gasteiger partial charge in [0.15, 0.2) is 0 Å². The third kappa shape index (κ3) is 4.30. The maximum Gasteiger partial charge on any atom is 0.255 e. The van der Waals surface area contributed by atoms with Crippen LogP contribution in [0.25, 0.3) is 0 Å². The molecule has 7 nitrogen and oxygen atoms in total. The second-order valence-electron chi connectivity index (χ2n) is 4.85. The molecule has 1 unspecified atom stereocenters. The average Bonchev–Trinajstić information content (AvgIpc) is 3.01. The van der Waals surface area contributed by atoms with Crippen molar-refractivity contribution in [1.82, 2.24) is 9.88 Å². The number of carbonyl (C=O) groups is 1. The van der Waals surface area contributed by atoms with Crippen LogP contribution in [0.2, 0.25) is 5.02 Å². The van der Waals surface area contributed by atoms with Crippen molar-refractivity contribution in [1.29, 1.82) is 0 Å². The molecular formula is C14H19ClN2O5. The van der Waals surface area contributed by atoms with Crippen molar-refractivity contribution in [2.45, 2.75) is 12.5 Å². The van der Waals surface area contributed by atoms with E-state index in [1.165, 1.54) is 17.2 Å². The number of aliphatic hydroxyl groups excluding tert-OH is 2. The fourth-order valence-electron chi connectivity index (χ4n) is 2.13. The third-order valence-corrected chi connectivity index (χ3v) is 3.52. The number of pyridine rings is 1. The Balaban J connectivity index is 2.08. The van der Waals surface area contributed by atoms with Gasteiger partial charge in [-0.1, -0.05) is 11.6 Å². The summed E-state index contributed by atoms with van der Waals surface area (Å²) >= 11 is 6.11. The van der Waals surface area contributed by atoms with Gasteiger partial charge in [0.2, 0.25) is 5.88 Å². The highest BCUT2D eigenvalue weighted by Gasteiger charge is 2.21. The molecule has 0 radical (unpaired) electrons. The van der Waals surface area contributed by atoms with Crippen LogP contribution in [0, 0.1) is 0 Å². The van der Waals surface area contributed by atoms with E-state index in [0.717, 1.165) is 6.42 Å². The van der Waals surface area contributed by atoms with E-state index in [-0.39, 0.29) is 54.8 Å². The van der Waals surface area contributed by atoms with E-state index in [1.807, 2.05) is 0 Å². The minimum atomic E-state index is -0.353. The molecule has 0 aromatic carbocycles. The van der Waals surface area contributed by atoms with Crippen molar-refractivity contribution in [3.63, 3.8) is 0 Å². The van der Waals surface area contributed by atoms with Crippen LogP contribution in [0.5, 0.6) is 5.88 Å². The molecule has 0 spiro atoms. The first-order valence-corrected chi connectivity index (χ1v) is 7.44. The first kappa shape index (κ1) is 17.0. The minimum absolute atomic E-state index is 0.0770. The highest BCUT2D eigenvalue weighted by atomic mass is 35.5. The molecule has 2 heterocycles. The quantitative estimate of drug-likeness (QED) is 0.748. The number of amides is 1. The Bertz CT molecular complexity index is 502. The van der Waals surface area contributed by atoms with Gasteiger partial charge in [-0.2, -0.15) is 0 Å². The third-order valence-electron chi connectivity index (χ3n) is 3.25. The molecule has 0 aliphatic carbocycles. The fraction of sp³-hybridized carbons (Fsp3) is 0.571. The zero-order valence-electron chi connectivity index (χ0n) is 12.1. The zero-order valence-corrected chi connectivity index (χ0v) is 12.8. The summed E-state index contributed by atoms with van der Waals surface area (Å²) < 4.78 is 10.8. The highest BCUT2D eigenvalue weighted by molar-refractivity contribution is 6.32. The summed E-state index contributed by atoms with van der Waals surface area (Å²) in [6.45, 7) is 1.05. The predicted molar refractivity (Wildman–Crippen MR) is 79.2 cm³/mol. The van der Waals surface area contributed by atoms with E-state index in [0.29, 0.717) is 13.2 Å². The molecule has 1 aliphatic rings. The minimum Gasteiger partial charge on any atom is -0.471 e. The van der Waals surface area contributed by atoms with Crippen molar-refractivity contribution >= 4 is 17.5 Å². The van der Waals surface area contributed by atoms with Gasteiger partial charge in [0.25, 0.3) is 5.91 Å². The summed E-state index contributed by atoms with van der Waals surface area (Å²) in [5.41, 5.74) is 0.280. The maximum atomic E-state index is 12.3. The summed E-state index contributed by atoms with van der Waals surface area (Å²) in [6, 6.07) is 1.48. The van der Waals surface area contributed by atoms with Crippen LogP contribution in [0.15, 0.2) is 12.3 Å². The summed E-state index contributed by atoms with van der Waals surface area (Å²) in [7, 11) is 0. The SMILES string of the molecule is O=C(c1cnc(OC2CCOC2)c(Cl)c1)N(CCO)CCO. The van der Waals surface area contributed by atoms with E-state index in [2.05, 4.69) is 4.98 Å². The lowest BCUT2D eigenvalue weighted by Gasteiger charge is -2.21. The van der Waals surface area contributed by atoms with Gasteiger partial charge in [-0.3, -0.25) is 4.79 Å². The summed E-state index contributed by atoms with van der Waals surface area (Å²) in [5, 5.41) is 18.2. The van der Waals surface area contributed by atoms with Crippen LogP contribution in [0.4, 0.5) is 0 Å². The molecule has 1 aliphatic heterocycles. The molecule has 1 aromatic heterocycles. The normalized spacial score (nSPS) is 17.5. The molecule has 1 aromatic rings. The molecule has 0 saturated carbocycles. The first-order chi connectivity index (χ1) is 10.7. The first-order valence-electron chi connectivity index (χ1n) is 7.06. The van der Waals surface area contributed by atoms with Gasteiger partial charge in [-0.05, 0) is 6.07 Å². The fourth-order valence-corrected chi connectivity index (χ4v) is 2.34. The second-order valence-corrected chi connectivity index (χ2v) is 5.26. The zero-order chi connectivity index (χ0) is 15.9. The number of ether oxygens (including phenoxy) is 2. The number of hydrogen-bond acceptors (Lipinski definition) is 6. The van der Waals surface area contributed by atoms with Crippen LogP contribution in [0.3, 0.4) is 0 Å². The van der Waals surface area contributed by atoms with Gasteiger partial charge in [0.05, 0.1) is 32.0 Å². The molecule has 2 N–H and O–H groups in total. The number of nitrogens with zero attached hydrogens (tertiary/aromatic N) is 2. The number of halogens is 1. The lowest BCUT2D eigenvalue weighted by atomic mass is 10.2. The molecule has 0 bridgehead atoms. The number of hydrogen-bond donors (Lipinski definition) is 2. The lowest BCUT2D eigenvalue weighted by Crippen LogP contribution is -2.35. The topological polar surface area (TPSA) is 92.1 Å². The van der Waals surface area contributed by atoms with Crippen LogP contribution in [0.1, 0.15) is 16.8 Å². The Kier molecular flexibility index (Phi) is 6.38. The Hall–Kier alpha value is -1.41. The Morgan fingerprint density at radius 2 is 2.18 bits per heavy atom. The van der Waals surface area contributed by atoms with Crippen molar-refractivity contribution in [2.24, 2.45) is 0 Å². The van der Waals surface area contributed by atoms with Gasteiger partial charge in [0.1, 0.15) is 11.1 Å². The number of carbonyl (C=O) groups excluding carboxylic acids is 1. The van der Waals surface area contributed by atoms with E-state index in [4.69, 9.17) is 31.3 Å². The Labute approximate surface area is 133 Å². The lowest BCUT2D eigenvalue weighted by molar-refractivity contribution is 0.0684. The molecule has 2 rings (SSSR count). The van der Waals surface area contributed by atoms with E-state index in [1.54, 1.807) is 0 Å². The molecular weight excluding hydrogens is 312 g/mol. The van der Waals surface area contributed by atoms with Crippen molar-refractivity contribution in [3.05, 3.63) is 22.8 Å². The van der Waals surface area contributed by atoms with Crippen LogP contribution in [-0.4, -0.2) is 71.6 Å². The van der Waals surface area contributed by atoms with E-state index >= 15 is 0 Å². The van der Waals surface area contributed by atoms with Crippen molar-refractivity contribution < 1.29 is 24.5 Å². The highest BCUT2D eigenvalue weighted by Crippen LogP contribution is 2.25. The van der Waals surface area contributed by atoms with Crippen molar-refractivity contribution in [3.8, 4) is 5.88 Å². The predicted octanol–water partition coefficient (Wildman–Crippen LogP) is 0.329. The smallest absolute Gasteiger partial charge is 0.255 e. The average molecular weight is 331 g/mol. The molecule has 1 amide bonds. The standard InChI is InChI=1S/C14H19ClN2O5/c15-12-7-10(14(20)17(2-4-18)3-5-19)8-16-13(12)22-11-1-6-21-9-11/h7-8,11,18-19H,1-6,9H2. The maximum absolute atomic E-state index is 12.3. The number of aromatic nitrogens is 1. The van der Waals surface area contributed by atoms with Gasteiger partial charge >= 0.3 is 0 Å². The second kappa shape index (κ2) is 8.28. The largest absolute Gasteiger partial charge is 0.471 e. The molecule has 122 valence electrons. The number of rotatable bonds is 7. The van der Waals surface area contributed by atoms with E-state index in [9.17, 15) is 4.79 Å².